The van der Waals surface area contributed by atoms with Crippen molar-refractivity contribution < 1.29 is 18.7 Å². The molecule has 2 atom stereocenters. The molecule has 1 aliphatic rings. The Morgan fingerprint density at radius 2 is 1.86 bits per heavy atom. The van der Waals surface area contributed by atoms with Crippen LogP contribution in [-0.2, 0) is 4.79 Å². The first-order valence-corrected chi connectivity index (χ1v) is 7.40. The van der Waals surface area contributed by atoms with Crippen molar-refractivity contribution in [2.75, 3.05) is 27.3 Å². The molecule has 0 spiro atoms. The minimum Gasteiger partial charge on any atom is -0.493 e. The van der Waals surface area contributed by atoms with E-state index in [1.54, 1.807) is 13.0 Å². The van der Waals surface area contributed by atoms with Crippen molar-refractivity contribution in [3.05, 3.63) is 23.5 Å². The van der Waals surface area contributed by atoms with Gasteiger partial charge in [0.05, 0.1) is 20.3 Å². The van der Waals surface area contributed by atoms with Crippen molar-refractivity contribution in [3.63, 3.8) is 0 Å². The molecule has 1 aromatic rings. The highest BCUT2D eigenvalue weighted by Gasteiger charge is 2.29. The second-order valence-corrected chi connectivity index (χ2v) is 5.67. The number of halogens is 1. The summed E-state index contributed by atoms with van der Waals surface area (Å²) in [6.07, 6.45) is 0. The Hall–Kier alpha value is -1.82. The molecule has 0 aliphatic carbocycles. The lowest BCUT2D eigenvalue weighted by Gasteiger charge is -2.32. The lowest BCUT2D eigenvalue weighted by atomic mass is 9.88. The molecule has 0 radical (unpaired) electrons. The van der Waals surface area contributed by atoms with Crippen molar-refractivity contribution >= 4 is 5.91 Å². The van der Waals surface area contributed by atoms with Crippen LogP contribution in [0.2, 0.25) is 0 Å². The molecular formula is C16H23FN2O3. The maximum Gasteiger partial charge on any atom is 0.223 e. The van der Waals surface area contributed by atoms with Gasteiger partial charge < -0.3 is 20.1 Å². The van der Waals surface area contributed by atoms with E-state index in [0.29, 0.717) is 23.0 Å². The van der Waals surface area contributed by atoms with E-state index >= 15 is 0 Å². The zero-order valence-corrected chi connectivity index (χ0v) is 13.4. The number of rotatable bonds is 6. The van der Waals surface area contributed by atoms with Gasteiger partial charge in [0.2, 0.25) is 5.91 Å². The van der Waals surface area contributed by atoms with Gasteiger partial charge in [0.15, 0.2) is 11.5 Å². The van der Waals surface area contributed by atoms with Gasteiger partial charge in [0.25, 0.3) is 0 Å². The quantitative estimate of drug-likeness (QED) is 0.842. The van der Waals surface area contributed by atoms with Gasteiger partial charge >= 0.3 is 0 Å². The molecule has 122 valence electrons. The molecule has 0 aromatic heterocycles. The van der Waals surface area contributed by atoms with Gasteiger partial charge in [-0.05, 0) is 32.0 Å². The molecule has 1 fully saturated rings. The van der Waals surface area contributed by atoms with Crippen LogP contribution in [0.15, 0.2) is 12.1 Å². The highest BCUT2D eigenvalue weighted by Crippen LogP contribution is 2.32. The first-order valence-electron chi connectivity index (χ1n) is 7.40. The summed E-state index contributed by atoms with van der Waals surface area (Å²) in [5.74, 6) is 0.540. The molecule has 1 heterocycles. The van der Waals surface area contributed by atoms with E-state index < -0.39 is 11.9 Å². The maximum atomic E-state index is 14.2. The zero-order chi connectivity index (χ0) is 16.3. The minimum atomic E-state index is -0.442. The molecule has 5 nitrogen and oxygen atoms in total. The molecule has 22 heavy (non-hydrogen) atoms. The number of methoxy groups -OCH3 is 2. The minimum absolute atomic E-state index is 0.0619. The summed E-state index contributed by atoms with van der Waals surface area (Å²) in [5.41, 5.74) is 0.380. The van der Waals surface area contributed by atoms with Crippen molar-refractivity contribution in [1.82, 2.24) is 10.6 Å². The van der Waals surface area contributed by atoms with Crippen LogP contribution >= 0.6 is 0 Å². The second kappa shape index (κ2) is 6.96. The van der Waals surface area contributed by atoms with E-state index in [2.05, 4.69) is 10.6 Å². The van der Waals surface area contributed by atoms with Crippen LogP contribution in [0.3, 0.4) is 0 Å². The maximum absolute atomic E-state index is 14.2. The first kappa shape index (κ1) is 16.5. The number of carbonyl (C=O) groups is 1. The van der Waals surface area contributed by atoms with Crippen molar-refractivity contribution in [2.24, 2.45) is 11.8 Å². The van der Waals surface area contributed by atoms with Crippen LogP contribution in [0.5, 0.6) is 11.5 Å². The predicted octanol–water partition coefficient (Wildman–Crippen LogP) is 1.88. The van der Waals surface area contributed by atoms with E-state index in [0.717, 1.165) is 13.1 Å². The Kier molecular flexibility index (Phi) is 5.24. The topological polar surface area (TPSA) is 59.6 Å². The Morgan fingerprint density at radius 3 is 2.36 bits per heavy atom. The molecule has 1 saturated heterocycles. The van der Waals surface area contributed by atoms with Crippen molar-refractivity contribution in [2.45, 2.75) is 19.9 Å². The lowest BCUT2D eigenvalue weighted by molar-refractivity contribution is -0.127. The number of nitrogens with one attached hydrogen (secondary N) is 2. The van der Waals surface area contributed by atoms with Gasteiger partial charge in [-0.15, -0.1) is 0 Å². The number of ether oxygens (including phenoxy) is 2. The second-order valence-electron chi connectivity index (χ2n) is 5.67. The van der Waals surface area contributed by atoms with Crippen LogP contribution in [0.25, 0.3) is 0 Å². The number of amides is 1. The monoisotopic (exact) mass is 310 g/mol. The summed E-state index contributed by atoms with van der Waals surface area (Å²) >= 11 is 0. The highest BCUT2D eigenvalue weighted by molar-refractivity contribution is 5.79. The molecular weight excluding hydrogens is 287 g/mol. The number of hydrogen-bond donors (Lipinski definition) is 2. The SMILES string of the molecule is COc1cc(F)c(C(C)NC(=O)C(C)C2CNC2)cc1OC. The number of benzene rings is 1. The van der Waals surface area contributed by atoms with E-state index in [4.69, 9.17) is 9.47 Å². The van der Waals surface area contributed by atoms with Gasteiger partial charge in [0.1, 0.15) is 5.82 Å². The van der Waals surface area contributed by atoms with Gasteiger partial charge in [-0.3, -0.25) is 4.79 Å². The number of hydrogen-bond acceptors (Lipinski definition) is 4. The van der Waals surface area contributed by atoms with E-state index in [-0.39, 0.29) is 11.8 Å². The highest BCUT2D eigenvalue weighted by atomic mass is 19.1. The third kappa shape index (κ3) is 3.32. The van der Waals surface area contributed by atoms with Gasteiger partial charge in [0, 0.05) is 17.5 Å². The smallest absolute Gasteiger partial charge is 0.223 e. The van der Waals surface area contributed by atoms with Gasteiger partial charge in [-0.2, -0.15) is 0 Å². The molecule has 6 heteroatoms. The van der Waals surface area contributed by atoms with Crippen LogP contribution in [0, 0.1) is 17.7 Å². The molecule has 0 saturated carbocycles. The van der Waals surface area contributed by atoms with Crippen LogP contribution in [0.1, 0.15) is 25.5 Å². The van der Waals surface area contributed by atoms with Gasteiger partial charge in [-0.1, -0.05) is 6.92 Å². The standard InChI is InChI=1S/C16H23FN2O3/c1-9(11-7-18-8-11)16(20)19-10(2)12-5-14(21-3)15(22-4)6-13(12)17/h5-6,9-11,18H,7-8H2,1-4H3,(H,19,20). The molecule has 2 unspecified atom stereocenters. The summed E-state index contributed by atoms with van der Waals surface area (Å²) < 4.78 is 24.4. The fourth-order valence-electron chi connectivity index (χ4n) is 2.50. The molecule has 2 rings (SSSR count). The molecule has 1 aromatic carbocycles. The Labute approximate surface area is 130 Å². The molecule has 2 N–H and O–H groups in total. The van der Waals surface area contributed by atoms with E-state index in [9.17, 15) is 9.18 Å². The predicted molar refractivity (Wildman–Crippen MR) is 81.6 cm³/mol. The Balaban J connectivity index is 2.11. The lowest BCUT2D eigenvalue weighted by Crippen LogP contribution is -2.49. The third-order valence-electron chi connectivity index (χ3n) is 4.26. The van der Waals surface area contributed by atoms with Crippen molar-refractivity contribution in [3.8, 4) is 11.5 Å². The average molecular weight is 310 g/mol. The summed E-state index contributed by atoms with van der Waals surface area (Å²) in [5, 5.41) is 6.02. The molecule has 1 amide bonds. The Morgan fingerprint density at radius 1 is 1.27 bits per heavy atom. The van der Waals surface area contributed by atoms with E-state index in [1.807, 2.05) is 6.92 Å². The van der Waals surface area contributed by atoms with Gasteiger partial charge in [-0.25, -0.2) is 4.39 Å². The first-order chi connectivity index (χ1) is 10.5. The fraction of sp³-hybridized carbons (Fsp3) is 0.562. The van der Waals surface area contributed by atoms with Crippen LogP contribution in [-0.4, -0.2) is 33.2 Å². The van der Waals surface area contributed by atoms with E-state index in [1.165, 1.54) is 20.3 Å². The summed E-state index contributed by atoms with van der Waals surface area (Å²) in [7, 11) is 2.95. The third-order valence-corrected chi connectivity index (χ3v) is 4.26. The fourth-order valence-corrected chi connectivity index (χ4v) is 2.50. The largest absolute Gasteiger partial charge is 0.493 e. The number of carbonyl (C=O) groups excluding carboxylic acids is 1. The molecule has 0 bridgehead atoms. The summed E-state index contributed by atoms with van der Waals surface area (Å²) in [6.45, 7) is 5.37. The zero-order valence-electron chi connectivity index (χ0n) is 13.4. The van der Waals surface area contributed by atoms with Crippen LogP contribution < -0.4 is 20.1 Å². The Bertz CT molecular complexity index is 546. The normalized spacial score (nSPS) is 17.3. The average Bonchev–Trinajstić information content (AvgIpc) is 2.44. The summed E-state index contributed by atoms with van der Waals surface area (Å²) in [6, 6.07) is 2.40. The van der Waals surface area contributed by atoms with Crippen LogP contribution in [0.4, 0.5) is 4.39 Å². The van der Waals surface area contributed by atoms with Crippen molar-refractivity contribution in [1.29, 1.82) is 0 Å². The summed E-state index contributed by atoms with van der Waals surface area (Å²) in [4.78, 5) is 12.2. The molecule has 1 aliphatic heterocycles.